The third-order valence-corrected chi connectivity index (χ3v) is 5.61. The van der Waals surface area contributed by atoms with E-state index in [0.29, 0.717) is 18.4 Å². The molecule has 0 aliphatic heterocycles. The molecular formula is C25H28N2O. The SMILES string of the molecule is CCCN(Cc1cccn1Cc1ccccc1)C(=O)[C@@H]1C[C@H]1c1ccccc1. The molecule has 144 valence electrons. The maximum absolute atomic E-state index is 13.2. The van der Waals surface area contributed by atoms with Crippen molar-refractivity contribution in [2.24, 2.45) is 5.92 Å². The highest BCUT2D eigenvalue weighted by atomic mass is 16.2. The van der Waals surface area contributed by atoms with E-state index in [2.05, 4.69) is 83.3 Å². The molecule has 1 amide bonds. The molecular weight excluding hydrogens is 344 g/mol. The third kappa shape index (κ3) is 4.19. The second-order valence-electron chi connectivity index (χ2n) is 7.73. The Labute approximate surface area is 167 Å². The zero-order valence-corrected chi connectivity index (χ0v) is 16.5. The second kappa shape index (κ2) is 8.47. The van der Waals surface area contributed by atoms with E-state index in [4.69, 9.17) is 0 Å². The van der Waals surface area contributed by atoms with Crippen molar-refractivity contribution in [3.8, 4) is 0 Å². The summed E-state index contributed by atoms with van der Waals surface area (Å²) in [6.45, 7) is 4.48. The van der Waals surface area contributed by atoms with Crippen molar-refractivity contribution in [2.75, 3.05) is 6.54 Å². The second-order valence-corrected chi connectivity index (χ2v) is 7.73. The largest absolute Gasteiger partial charge is 0.345 e. The van der Waals surface area contributed by atoms with Crippen LogP contribution in [0.15, 0.2) is 79.0 Å². The van der Waals surface area contributed by atoms with Gasteiger partial charge in [-0.15, -0.1) is 0 Å². The minimum Gasteiger partial charge on any atom is -0.345 e. The minimum atomic E-state index is 0.145. The molecule has 28 heavy (non-hydrogen) atoms. The highest BCUT2D eigenvalue weighted by Crippen LogP contribution is 2.48. The molecule has 0 unspecified atom stereocenters. The number of benzene rings is 2. The lowest BCUT2D eigenvalue weighted by molar-refractivity contribution is -0.133. The van der Waals surface area contributed by atoms with Crippen molar-refractivity contribution in [3.63, 3.8) is 0 Å². The number of rotatable bonds is 8. The zero-order valence-electron chi connectivity index (χ0n) is 16.5. The lowest BCUT2D eigenvalue weighted by Gasteiger charge is -2.23. The summed E-state index contributed by atoms with van der Waals surface area (Å²) in [6, 6.07) is 25.2. The highest BCUT2D eigenvalue weighted by molar-refractivity contribution is 5.83. The molecule has 0 radical (unpaired) electrons. The van der Waals surface area contributed by atoms with Gasteiger partial charge in [-0.3, -0.25) is 4.79 Å². The quantitative estimate of drug-likeness (QED) is 0.541. The van der Waals surface area contributed by atoms with E-state index < -0.39 is 0 Å². The summed E-state index contributed by atoms with van der Waals surface area (Å²) in [5, 5.41) is 0. The van der Waals surface area contributed by atoms with Crippen LogP contribution in [0.1, 0.15) is 42.5 Å². The third-order valence-electron chi connectivity index (χ3n) is 5.61. The van der Waals surface area contributed by atoms with Gasteiger partial charge in [0.25, 0.3) is 0 Å². The van der Waals surface area contributed by atoms with Gasteiger partial charge in [-0.05, 0) is 42.0 Å². The maximum Gasteiger partial charge on any atom is 0.226 e. The molecule has 3 heteroatoms. The molecule has 0 bridgehead atoms. The molecule has 3 nitrogen and oxygen atoms in total. The van der Waals surface area contributed by atoms with E-state index in [-0.39, 0.29) is 5.92 Å². The van der Waals surface area contributed by atoms with Crippen LogP contribution in [-0.2, 0) is 17.9 Å². The van der Waals surface area contributed by atoms with Gasteiger partial charge in [-0.2, -0.15) is 0 Å². The monoisotopic (exact) mass is 372 g/mol. The summed E-state index contributed by atoms with van der Waals surface area (Å²) in [6.07, 6.45) is 4.07. The van der Waals surface area contributed by atoms with Crippen LogP contribution in [0.3, 0.4) is 0 Å². The first-order chi connectivity index (χ1) is 13.8. The van der Waals surface area contributed by atoms with Crippen molar-refractivity contribution in [3.05, 3.63) is 95.8 Å². The molecule has 2 aromatic carbocycles. The number of nitrogens with zero attached hydrogens (tertiary/aromatic N) is 2. The molecule has 1 fully saturated rings. The van der Waals surface area contributed by atoms with Gasteiger partial charge in [-0.25, -0.2) is 0 Å². The fourth-order valence-corrected chi connectivity index (χ4v) is 4.03. The number of aromatic nitrogens is 1. The van der Waals surface area contributed by atoms with Crippen LogP contribution in [0.2, 0.25) is 0 Å². The van der Waals surface area contributed by atoms with Gasteiger partial charge in [0.2, 0.25) is 5.91 Å². The topological polar surface area (TPSA) is 25.2 Å². The Balaban J connectivity index is 1.45. The molecule has 0 N–H and O–H groups in total. The molecule has 1 heterocycles. The molecule has 1 aliphatic rings. The van der Waals surface area contributed by atoms with E-state index in [1.54, 1.807) is 0 Å². The van der Waals surface area contributed by atoms with E-state index in [0.717, 1.165) is 25.9 Å². The van der Waals surface area contributed by atoms with E-state index in [1.807, 2.05) is 12.1 Å². The van der Waals surface area contributed by atoms with Crippen molar-refractivity contribution in [1.29, 1.82) is 0 Å². The Hall–Kier alpha value is -2.81. The number of carbonyl (C=O) groups is 1. The molecule has 3 aromatic rings. The van der Waals surface area contributed by atoms with Gasteiger partial charge >= 0.3 is 0 Å². The molecule has 1 saturated carbocycles. The van der Waals surface area contributed by atoms with Crippen LogP contribution in [0.4, 0.5) is 0 Å². The zero-order chi connectivity index (χ0) is 19.3. The predicted molar refractivity (Wildman–Crippen MR) is 113 cm³/mol. The lowest BCUT2D eigenvalue weighted by atomic mass is 10.1. The van der Waals surface area contributed by atoms with Gasteiger partial charge in [0.05, 0.1) is 6.54 Å². The molecule has 1 aromatic heterocycles. The van der Waals surface area contributed by atoms with Gasteiger partial charge in [0.15, 0.2) is 0 Å². The van der Waals surface area contributed by atoms with Crippen LogP contribution in [0, 0.1) is 5.92 Å². The van der Waals surface area contributed by atoms with Crippen molar-refractivity contribution < 1.29 is 4.79 Å². The average Bonchev–Trinajstić information content (AvgIpc) is 3.43. The van der Waals surface area contributed by atoms with Crippen molar-refractivity contribution in [1.82, 2.24) is 9.47 Å². The summed E-state index contributed by atoms with van der Waals surface area (Å²) in [4.78, 5) is 15.3. The van der Waals surface area contributed by atoms with Gasteiger partial charge < -0.3 is 9.47 Å². The Morgan fingerprint density at radius 2 is 1.71 bits per heavy atom. The fraction of sp³-hybridized carbons (Fsp3) is 0.320. The summed E-state index contributed by atoms with van der Waals surface area (Å²) < 4.78 is 2.26. The Morgan fingerprint density at radius 3 is 2.43 bits per heavy atom. The summed E-state index contributed by atoms with van der Waals surface area (Å²) in [5.74, 6) is 0.846. The van der Waals surface area contributed by atoms with Crippen molar-refractivity contribution >= 4 is 5.91 Å². The number of carbonyl (C=O) groups excluding carboxylic acids is 1. The minimum absolute atomic E-state index is 0.145. The summed E-state index contributed by atoms with van der Waals surface area (Å²) in [7, 11) is 0. The summed E-state index contributed by atoms with van der Waals surface area (Å²) in [5.41, 5.74) is 3.77. The lowest BCUT2D eigenvalue weighted by Crippen LogP contribution is -2.33. The van der Waals surface area contributed by atoms with Crippen LogP contribution in [0.5, 0.6) is 0 Å². The van der Waals surface area contributed by atoms with Crippen LogP contribution in [0.25, 0.3) is 0 Å². The van der Waals surface area contributed by atoms with Crippen LogP contribution >= 0.6 is 0 Å². The highest BCUT2D eigenvalue weighted by Gasteiger charge is 2.45. The molecule has 4 rings (SSSR count). The van der Waals surface area contributed by atoms with E-state index >= 15 is 0 Å². The van der Waals surface area contributed by atoms with Crippen LogP contribution < -0.4 is 0 Å². The number of hydrogen-bond donors (Lipinski definition) is 0. The van der Waals surface area contributed by atoms with Crippen LogP contribution in [-0.4, -0.2) is 21.9 Å². The first-order valence-corrected chi connectivity index (χ1v) is 10.3. The molecule has 0 spiro atoms. The first kappa shape index (κ1) is 18.5. The molecule has 0 saturated heterocycles. The number of amides is 1. The maximum atomic E-state index is 13.2. The predicted octanol–water partition coefficient (Wildman–Crippen LogP) is 5.08. The standard InChI is InChI=1S/C25H28N2O/c1-2-15-27(25(28)24-17-23(24)21-12-7-4-8-13-21)19-22-14-9-16-26(22)18-20-10-5-3-6-11-20/h3-14,16,23-24H,2,15,17-19H2,1H3/t23-,24+/m0/s1. The van der Waals surface area contributed by atoms with Crippen molar-refractivity contribution in [2.45, 2.75) is 38.8 Å². The van der Waals surface area contributed by atoms with E-state index in [9.17, 15) is 4.79 Å². The first-order valence-electron chi connectivity index (χ1n) is 10.3. The van der Waals surface area contributed by atoms with Gasteiger partial charge in [-0.1, -0.05) is 67.6 Å². The normalized spacial score (nSPS) is 18.0. The van der Waals surface area contributed by atoms with Gasteiger partial charge in [0, 0.05) is 30.9 Å². The van der Waals surface area contributed by atoms with Gasteiger partial charge in [0.1, 0.15) is 0 Å². The van der Waals surface area contributed by atoms with E-state index in [1.165, 1.54) is 16.8 Å². The average molecular weight is 373 g/mol. The Kier molecular flexibility index (Phi) is 5.61. The summed E-state index contributed by atoms with van der Waals surface area (Å²) >= 11 is 0. The number of hydrogen-bond acceptors (Lipinski definition) is 1. The Bertz CT molecular complexity index is 901. The fourth-order valence-electron chi connectivity index (χ4n) is 4.03. The smallest absolute Gasteiger partial charge is 0.226 e. The Morgan fingerprint density at radius 1 is 1.00 bits per heavy atom. The molecule has 2 atom stereocenters. The molecule has 1 aliphatic carbocycles.